The highest BCUT2D eigenvalue weighted by molar-refractivity contribution is 5.86. The zero-order valence-corrected chi connectivity index (χ0v) is 19.3. The first-order valence-electron chi connectivity index (χ1n) is 11.0. The molecule has 0 radical (unpaired) electrons. The number of nitrogens with one attached hydrogen (secondary N) is 2. The van der Waals surface area contributed by atoms with Crippen molar-refractivity contribution < 1.29 is 9.47 Å². The molecule has 8 heteroatoms. The molecule has 1 aromatic carbocycles. The summed E-state index contributed by atoms with van der Waals surface area (Å²) in [7, 11) is 7.97. The van der Waals surface area contributed by atoms with Crippen molar-refractivity contribution >= 4 is 21.9 Å². The molecule has 0 aliphatic heterocycles. The Morgan fingerprint density at radius 2 is 1.91 bits per heavy atom. The number of nitrogens with zero attached hydrogens (tertiary/aromatic N) is 4. The number of aromatic amines is 2. The van der Waals surface area contributed by atoms with Gasteiger partial charge in [-0.1, -0.05) is 0 Å². The molecule has 0 amide bonds. The number of rotatable bonds is 11. The molecule has 0 aliphatic carbocycles. The standard InChI is InChI=1S/C24H32N6O2/c1-29(2)11-8-17-16-26-24-23(17)22(7-10-25-24)32-14-13-30(3)12-9-21-19-15-18(31-4)5-6-20(19)27-28-21/h5-7,10,15-16H,8-9,11-14H2,1-4H3,(H,25,26)(H,27,28). The zero-order chi connectivity index (χ0) is 22.5. The molecular formula is C24H32N6O2. The lowest BCUT2D eigenvalue weighted by Crippen LogP contribution is -2.26. The van der Waals surface area contributed by atoms with E-state index in [-0.39, 0.29) is 0 Å². The van der Waals surface area contributed by atoms with Crippen LogP contribution < -0.4 is 9.47 Å². The highest BCUT2D eigenvalue weighted by Gasteiger charge is 2.12. The molecular weight excluding hydrogens is 404 g/mol. The molecule has 0 atom stereocenters. The molecule has 0 fully saturated rings. The molecule has 2 N–H and O–H groups in total. The maximum absolute atomic E-state index is 6.18. The first-order valence-corrected chi connectivity index (χ1v) is 11.0. The van der Waals surface area contributed by atoms with E-state index >= 15 is 0 Å². The van der Waals surface area contributed by atoms with Gasteiger partial charge in [-0.2, -0.15) is 5.10 Å². The van der Waals surface area contributed by atoms with Crippen molar-refractivity contribution in [1.29, 1.82) is 0 Å². The molecule has 0 aliphatic rings. The van der Waals surface area contributed by atoms with Gasteiger partial charge in [0.05, 0.1) is 23.7 Å². The van der Waals surface area contributed by atoms with Crippen LogP contribution in [0.5, 0.6) is 11.5 Å². The van der Waals surface area contributed by atoms with Crippen LogP contribution in [0.25, 0.3) is 21.9 Å². The third-order valence-electron chi connectivity index (χ3n) is 5.76. The molecule has 32 heavy (non-hydrogen) atoms. The lowest BCUT2D eigenvalue weighted by atomic mass is 10.1. The molecule has 3 heterocycles. The van der Waals surface area contributed by atoms with Crippen LogP contribution in [0.1, 0.15) is 11.3 Å². The van der Waals surface area contributed by atoms with Crippen molar-refractivity contribution in [2.24, 2.45) is 0 Å². The summed E-state index contributed by atoms with van der Waals surface area (Å²) in [5, 5.41) is 9.80. The van der Waals surface area contributed by atoms with Crippen molar-refractivity contribution in [3.05, 3.63) is 47.9 Å². The number of hydrogen-bond acceptors (Lipinski definition) is 6. The lowest BCUT2D eigenvalue weighted by molar-refractivity contribution is 0.240. The Morgan fingerprint density at radius 3 is 2.72 bits per heavy atom. The van der Waals surface area contributed by atoms with Gasteiger partial charge in [0.15, 0.2) is 0 Å². The van der Waals surface area contributed by atoms with Crippen molar-refractivity contribution in [2.75, 3.05) is 54.5 Å². The Kier molecular flexibility index (Phi) is 6.92. The van der Waals surface area contributed by atoms with Crippen LogP contribution in [-0.4, -0.2) is 84.5 Å². The van der Waals surface area contributed by atoms with Gasteiger partial charge < -0.3 is 24.3 Å². The number of H-pyrrole nitrogens is 2. The van der Waals surface area contributed by atoms with Crippen LogP contribution in [0.2, 0.25) is 0 Å². The predicted octanol–water partition coefficient (Wildman–Crippen LogP) is 3.11. The molecule has 0 saturated carbocycles. The van der Waals surface area contributed by atoms with Crippen LogP contribution in [0.15, 0.2) is 36.7 Å². The smallest absolute Gasteiger partial charge is 0.141 e. The Bertz CT molecular complexity index is 1170. The fourth-order valence-corrected chi connectivity index (χ4v) is 3.84. The van der Waals surface area contributed by atoms with Crippen LogP contribution >= 0.6 is 0 Å². The van der Waals surface area contributed by atoms with Crippen molar-refractivity contribution in [3.8, 4) is 11.5 Å². The molecule has 0 bridgehead atoms. The Balaban J connectivity index is 1.33. The second-order valence-electron chi connectivity index (χ2n) is 8.38. The molecule has 4 rings (SSSR count). The molecule has 170 valence electrons. The maximum Gasteiger partial charge on any atom is 0.141 e. The topological polar surface area (TPSA) is 82.3 Å². The van der Waals surface area contributed by atoms with Crippen molar-refractivity contribution in [2.45, 2.75) is 12.8 Å². The number of fused-ring (bicyclic) bond motifs is 2. The number of aromatic nitrogens is 4. The van der Waals surface area contributed by atoms with E-state index in [0.29, 0.717) is 6.61 Å². The average Bonchev–Trinajstić information content (AvgIpc) is 3.40. The summed E-state index contributed by atoms with van der Waals surface area (Å²) in [6, 6.07) is 7.95. The van der Waals surface area contributed by atoms with Crippen LogP contribution in [0.3, 0.4) is 0 Å². The SMILES string of the molecule is COc1ccc2[nH]nc(CCN(C)CCOc3ccnc4[nH]cc(CCN(C)C)c34)c2c1. The number of methoxy groups -OCH3 is 1. The zero-order valence-electron chi connectivity index (χ0n) is 19.3. The van der Waals surface area contributed by atoms with Crippen LogP contribution in [0.4, 0.5) is 0 Å². The monoisotopic (exact) mass is 436 g/mol. The largest absolute Gasteiger partial charge is 0.497 e. The third-order valence-corrected chi connectivity index (χ3v) is 5.76. The maximum atomic E-state index is 6.18. The fraction of sp³-hybridized carbons (Fsp3) is 0.417. The Hall–Kier alpha value is -3.10. The van der Waals surface area contributed by atoms with Gasteiger partial charge in [0, 0.05) is 43.8 Å². The summed E-state index contributed by atoms with van der Waals surface area (Å²) in [6.45, 7) is 3.32. The van der Waals surface area contributed by atoms with E-state index in [1.165, 1.54) is 5.56 Å². The number of ether oxygens (including phenoxy) is 2. The van der Waals surface area contributed by atoms with Crippen LogP contribution in [0, 0.1) is 0 Å². The highest BCUT2D eigenvalue weighted by atomic mass is 16.5. The third kappa shape index (κ3) is 5.03. The van der Waals surface area contributed by atoms with E-state index < -0.39 is 0 Å². The van der Waals surface area contributed by atoms with Gasteiger partial charge in [-0.3, -0.25) is 5.10 Å². The first-order chi connectivity index (χ1) is 15.5. The lowest BCUT2D eigenvalue weighted by Gasteiger charge is -2.17. The van der Waals surface area contributed by atoms with Crippen LogP contribution in [-0.2, 0) is 12.8 Å². The molecule has 8 nitrogen and oxygen atoms in total. The van der Waals surface area contributed by atoms with Gasteiger partial charge in [-0.05, 0) is 57.4 Å². The van der Waals surface area contributed by atoms with E-state index in [0.717, 1.165) is 71.6 Å². The molecule has 0 saturated heterocycles. The predicted molar refractivity (Wildman–Crippen MR) is 128 cm³/mol. The second-order valence-corrected chi connectivity index (χ2v) is 8.38. The second kappa shape index (κ2) is 10.0. The summed E-state index contributed by atoms with van der Waals surface area (Å²) >= 11 is 0. The summed E-state index contributed by atoms with van der Waals surface area (Å²) in [6.07, 6.45) is 5.65. The Labute approximate surface area is 188 Å². The van der Waals surface area contributed by atoms with E-state index in [4.69, 9.17) is 9.47 Å². The van der Waals surface area contributed by atoms with E-state index in [9.17, 15) is 0 Å². The minimum atomic E-state index is 0.614. The molecule has 0 unspecified atom stereocenters. The number of likely N-dealkylation sites (N-methyl/N-ethyl adjacent to an activating group) is 2. The van der Waals surface area contributed by atoms with Gasteiger partial charge in [0.1, 0.15) is 23.8 Å². The number of pyridine rings is 1. The average molecular weight is 437 g/mol. The highest BCUT2D eigenvalue weighted by Crippen LogP contribution is 2.28. The number of benzene rings is 1. The molecule has 3 aromatic heterocycles. The fourth-order valence-electron chi connectivity index (χ4n) is 3.84. The van der Waals surface area contributed by atoms with Gasteiger partial charge in [0.25, 0.3) is 0 Å². The van der Waals surface area contributed by atoms with Crippen molar-refractivity contribution in [3.63, 3.8) is 0 Å². The van der Waals surface area contributed by atoms with Gasteiger partial charge >= 0.3 is 0 Å². The minimum absolute atomic E-state index is 0.614. The quantitative estimate of drug-likeness (QED) is 0.376. The number of hydrogen-bond donors (Lipinski definition) is 2. The van der Waals surface area contributed by atoms with Crippen molar-refractivity contribution in [1.82, 2.24) is 30.0 Å². The summed E-state index contributed by atoms with van der Waals surface area (Å²) < 4.78 is 11.5. The summed E-state index contributed by atoms with van der Waals surface area (Å²) in [5.41, 5.74) is 4.21. The minimum Gasteiger partial charge on any atom is -0.497 e. The molecule has 0 spiro atoms. The summed E-state index contributed by atoms with van der Waals surface area (Å²) in [4.78, 5) is 12.2. The first kappa shape index (κ1) is 22.1. The van der Waals surface area contributed by atoms with Gasteiger partial charge in [-0.15, -0.1) is 0 Å². The Morgan fingerprint density at radius 1 is 1.03 bits per heavy atom. The summed E-state index contributed by atoms with van der Waals surface area (Å²) in [5.74, 6) is 1.74. The van der Waals surface area contributed by atoms with Gasteiger partial charge in [0.2, 0.25) is 0 Å². The molecule has 4 aromatic rings. The van der Waals surface area contributed by atoms with E-state index in [2.05, 4.69) is 51.1 Å². The normalized spacial score (nSPS) is 11.8. The van der Waals surface area contributed by atoms with Gasteiger partial charge in [-0.25, -0.2) is 4.98 Å². The van der Waals surface area contributed by atoms with E-state index in [1.54, 1.807) is 13.3 Å². The van der Waals surface area contributed by atoms with E-state index in [1.807, 2.05) is 30.5 Å².